The van der Waals surface area contributed by atoms with Crippen LogP contribution in [0.4, 0.5) is 5.82 Å². The predicted molar refractivity (Wildman–Crippen MR) is 103 cm³/mol. The SMILES string of the molecule is C=Nc1cc(OC)c(C2CCN(C(=O)c3ccc(O)c(OC)c3)CC2)cn1. The lowest BCUT2D eigenvalue weighted by molar-refractivity contribution is 0.0712. The van der Waals surface area contributed by atoms with Gasteiger partial charge in [-0.25, -0.2) is 9.98 Å². The molecular weight excluding hydrogens is 346 g/mol. The van der Waals surface area contributed by atoms with Gasteiger partial charge in [0.05, 0.1) is 14.2 Å². The molecule has 27 heavy (non-hydrogen) atoms. The van der Waals surface area contributed by atoms with Gasteiger partial charge < -0.3 is 19.5 Å². The van der Waals surface area contributed by atoms with Crippen LogP contribution in [0.2, 0.25) is 0 Å². The molecule has 0 unspecified atom stereocenters. The number of hydrogen-bond donors (Lipinski definition) is 1. The molecule has 1 aromatic carbocycles. The Labute approximate surface area is 158 Å². The van der Waals surface area contributed by atoms with Gasteiger partial charge in [-0.15, -0.1) is 0 Å². The molecule has 0 saturated carbocycles. The summed E-state index contributed by atoms with van der Waals surface area (Å²) in [4.78, 5) is 22.7. The maximum Gasteiger partial charge on any atom is 0.253 e. The third-order valence-electron chi connectivity index (χ3n) is 4.91. The van der Waals surface area contributed by atoms with Gasteiger partial charge in [-0.1, -0.05) is 0 Å². The largest absolute Gasteiger partial charge is 0.504 e. The summed E-state index contributed by atoms with van der Waals surface area (Å²) in [7, 11) is 3.09. The normalized spacial score (nSPS) is 14.7. The van der Waals surface area contributed by atoms with Crippen LogP contribution in [-0.4, -0.2) is 54.9 Å². The lowest BCUT2D eigenvalue weighted by atomic mass is 9.89. The van der Waals surface area contributed by atoms with Crippen molar-refractivity contribution in [1.82, 2.24) is 9.88 Å². The van der Waals surface area contributed by atoms with Crippen molar-refractivity contribution >= 4 is 18.4 Å². The molecule has 3 rings (SSSR count). The van der Waals surface area contributed by atoms with Gasteiger partial charge >= 0.3 is 0 Å². The second-order valence-corrected chi connectivity index (χ2v) is 6.40. The predicted octanol–water partition coefficient (Wildman–Crippen LogP) is 3.16. The van der Waals surface area contributed by atoms with E-state index in [0.29, 0.717) is 30.2 Å². The van der Waals surface area contributed by atoms with Gasteiger partial charge in [-0.05, 0) is 43.7 Å². The standard InChI is InChI=1S/C20H23N3O4/c1-21-19-11-17(26-2)15(12-22-19)13-6-8-23(9-7-13)20(25)14-4-5-16(24)18(10-14)27-3/h4-5,10-13,24H,1,6-9H2,2-3H3. The molecule has 1 aromatic heterocycles. The Morgan fingerprint density at radius 2 is 1.93 bits per heavy atom. The van der Waals surface area contributed by atoms with Gasteiger partial charge in [0.25, 0.3) is 5.91 Å². The fourth-order valence-electron chi connectivity index (χ4n) is 3.39. The molecule has 1 fully saturated rings. The molecule has 142 valence electrons. The number of methoxy groups -OCH3 is 2. The Hall–Kier alpha value is -3.09. The Bertz CT molecular complexity index is 845. The maximum absolute atomic E-state index is 12.8. The number of phenolic OH excluding ortho intramolecular Hbond substituents is 1. The van der Waals surface area contributed by atoms with Gasteiger partial charge in [0.15, 0.2) is 17.3 Å². The minimum Gasteiger partial charge on any atom is -0.504 e. The van der Waals surface area contributed by atoms with Crippen LogP contribution >= 0.6 is 0 Å². The van der Waals surface area contributed by atoms with Crippen LogP contribution in [-0.2, 0) is 0 Å². The molecule has 7 nitrogen and oxygen atoms in total. The number of nitrogens with zero attached hydrogens (tertiary/aromatic N) is 3. The molecule has 1 aliphatic heterocycles. The van der Waals surface area contributed by atoms with Gasteiger partial charge in [0.2, 0.25) is 0 Å². The first-order valence-corrected chi connectivity index (χ1v) is 8.74. The quantitative estimate of drug-likeness (QED) is 0.819. The summed E-state index contributed by atoms with van der Waals surface area (Å²) >= 11 is 0. The minimum atomic E-state index is -0.0666. The van der Waals surface area contributed by atoms with E-state index in [-0.39, 0.29) is 17.6 Å². The zero-order valence-corrected chi connectivity index (χ0v) is 15.5. The Morgan fingerprint density at radius 1 is 1.22 bits per heavy atom. The second kappa shape index (κ2) is 8.07. The number of pyridine rings is 1. The number of amides is 1. The van der Waals surface area contributed by atoms with E-state index >= 15 is 0 Å². The average Bonchev–Trinajstić information content (AvgIpc) is 2.73. The number of aromatic nitrogens is 1. The number of hydrogen-bond acceptors (Lipinski definition) is 6. The third-order valence-corrected chi connectivity index (χ3v) is 4.91. The molecule has 7 heteroatoms. The Balaban J connectivity index is 1.70. The van der Waals surface area contributed by atoms with Crippen LogP contribution in [0.5, 0.6) is 17.2 Å². The molecule has 1 saturated heterocycles. The van der Waals surface area contributed by atoms with E-state index in [1.165, 1.54) is 13.2 Å². The van der Waals surface area contributed by atoms with Gasteiger partial charge in [-0.2, -0.15) is 0 Å². The van der Waals surface area contributed by atoms with Crippen LogP contribution in [0.1, 0.15) is 34.7 Å². The number of aliphatic imine (C=N–C) groups is 1. The third kappa shape index (κ3) is 3.86. The van der Waals surface area contributed by atoms with E-state index < -0.39 is 0 Å². The van der Waals surface area contributed by atoms with Crippen molar-refractivity contribution in [2.24, 2.45) is 4.99 Å². The van der Waals surface area contributed by atoms with Crippen LogP contribution < -0.4 is 9.47 Å². The summed E-state index contributed by atoms with van der Waals surface area (Å²) < 4.78 is 10.6. The first-order chi connectivity index (χ1) is 13.1. The molecular formula is C20H23N3O4. The zero-order chi connectivity index (χ0) is 19.4. The number of likely N-dealkylation sites (tertiary alicyclic amines) is 1. The molecule has 0 spiro atoms. The van der Waals surface area contributed by atoms with E-state index in [4.69, 9.17) is 9.47 Å². The van der Waals surface area contributed by atoms with Crippen molar-refractivity contribution in [3.05, 3.63) is 41.6 Å². The summed E-state index contributed by atoms with van der Waals surface area (Å²) in [5.74, 6) is 1.80. The van der Waals surface area contributed by atoms with Gasteiger partial charge in [0.1, 0.15) is 5.75 Å². The highest BCUT2D eigenvalue weighted by atomic mass is 16.5. The Morgan fingerprint density at radius 3 is 2.56 bits per heavy atom. The van der Waals surface area contributed by atoms with Crippen molar-refractivity contribution in [2.75, 3.05) is 27.3 Å². The number of carbonyl (C=O) groups excluding carboxylic acids is 1. The monoisotopic (exact) mass is 369 g/mol. The summed E-state index contributed by atoms with van der Waals surface area (Å²) in [5, 5.41) is 9.70. The van der Waals surface area contributed by atoms with Crippen LogP contribution in [0.25, 0.3) is 0 Å². The topological polar surface area (TPSA) is 84.2 Å². The lowest BCUT2D eigenvalue weighted by Crippen LogP contribution is -2.38. The van der Waals surface area contributed by atoms with E-state index in [0.717, 1.165) is 24.2 Å². The van der Waals surface area contributed by atoms with E-state index in [1.807, 2.05) is 4.90 Å². The van der Waals surface area contributed by atoms with Gasteiger partial charge in [0, 0.05) is 36.5 Å². The Kier molecular flexibility index (Phi) is 5.59. The second-order valence-electron chi connectivity index (χ2n) is 6.40. The molecule has 2 aromatic rings. The first kappa shape index (κ1) is 18.7. The molecule has 0 bridgehead atoms. The summed E-state index contributed by atoms with van der Waals surface area (Å²) in [6.45, 7) is 4.76. The molecule has 1 aliphatic rings. The molecule has 0 atom stereocenters. The van der Waals surface area contributed by atoms with E-state index in [2.05, 4.69) is 16.7 Å². The number of ether oxygens (including phenoxy) is 2. The highest BCUT2D eigenvalue weighted by Crippen LogP contribution is 2.36. The van der Waals surface area contributed by atoms with Crippen molar-refractivity contribution in [3.8, 4) is 17.2 Å². The van der Waals surface area contributed by atoms with Crippen molar-refractivity contribution in [2.45, 2.75) is 18.8 Å². The number of benzene rings is 1. The first-order valence-electron chi connectivity index (χ1n) is 8.74. The number of piperidine rings is 1. The fourth-order valence-corrected chi connectivity index (χ4v) is 3.39. The van der Waals surface area contributed by atoms with Crippen LogP contribution in [0.3, 0.4) is 0 Å². The van der Waals surface area contributed by atoms with Crippen LogP contribution in [0, 0.1) is 0 Å². The van der Waals surface area contributed by atoms with Crippen molar-refractivity contribution in [1.29, 1.82) is 0 Å². The number of rotatable bonds is 5. The fraction of sp³-hybridized carbons (Fsp3) is 0.350. The van der Waals surface area contributed by atoms with E-state index in [9.17, 15) is 9.90 Å². The van der Waals surface area contributed by atoms with E-state index in [1.54, 1.807) is 31.5 Å². The summed E-state index contributed by atoms with van der Waals surface area (Å²) in [6.07, 6.45) is 3.43. The molecule has 1 N–H and O–H groups in total. The smallest absolute Gasteiger partial charge is 0.253 e. The number of phenols is 1. The molecule has 0 radical (unpaired) electrons. The maximum atomic E-state index is 12.8. The summed E-state index contributed by atoms with van der Waals surface area (Å²) in [5.41, 5.74) is 1.53. The van der Waals surface area contributed by atoms with Gasteiger partial charge in [-0.3, -0.25) is 4.79 Å². The van der Waals surface area contributed by atoms with Crippen molar-refractivity contribution < 1.29 is 19.4 Å². The average molecular weight is 369 g/mol. The van der Waals surface area contributed by atoms with Crippen molar-refractivity contribution in [3.63, 3.8) is 0 Å². The number of carbonyl (C=O) groups is 1. The molecule has 2 heterocycles. The molecule has 0 aliphatic carbocycles. The summed E-state index contributed by atoms with van der Waals surface area (Å²) in [6, 6.07) is 6.44. The highest BCUT2D eigenvalue weighted by Gasteiger charge is 2.27. The zero-order valence-electron chi connectivity index (χ0n) is 15.5. The minimum absolute atomic E-state index is 0.0183. The molecule has 1 amide bonds. The lowest BCUT2D eigenvalue weighted by Gasteiger charge is -2.32. The number of aromatic hydroxyl groups is 1. The highest BCUT2D eigenvalue weighted by molar-refractivity contribution is 5.95. The van der Waals surface area contributed by atoms with Crippen LogP contribution in [0.15, 0.2) is 35.5 Å².